The number of benzene rings is 1. The number of nitrogens with zero attached hydrogens (tertiary/aromatic N) is 2. The monoisotopic (exact) mass is 422 g/mol. The van der Waals surface area contributed by atoms with Crippen LogP contribution in [0.25, 0.3) is 0 Å². The Morgan fingerprint density at radius 2 is 1.86 bits per heavy atom. The molecule has 0 unspecified atom stereocenters. The van der Waals surface area contributed by atoms with E-state index in [9.17, 15) is 9.59 Å². The number of thiophene rings is 1. The fourth-order valence-electron chi connectivity index (χ4n) is 2.76. The number of alkyl halides is 1. The predicted molar refractivity (Wildman–Crippen MR) is 114 cm³/mol. The summed E-state index contributed by atoms with van der Waals surface area (Å²) in [5, 5.41) is 1.34. The summed E-state index contributed by atoms with van der Waals surface area (Å²) in [6, 6.07) is 11.9. The Morgan fingerprint density at radius 1 is 1.14 bits per heavy atom. The number of amides is 2. The van der Waals surface area contributed by atoms with E-state index in [0.717, 1.165) is 16.0 Å². The third kappa shape index (κ3) is 6.62. The van der Waals surface area contributed by atoms with Crippen molar-refractivity contribution in [2.45, 2.75) is 32.3 Å². The Bertz CT molecular complexity index is 764. The van der Waals surface area contributed by atoms with Crippen molar-refractivity contribution < 1.29 is 14.3 Å². The molecule has 0 saturated carbocycles. The summed E-state index contributed by atoms with van der Waals surface area (Å²) >= 11 is 7.61. The van der Waals surface area contributed by atoms with Crippen molar-refractivity contribution in [3.63, 3.8) is 0 Å². The number of carbonyl (C=O) groups excluding carboxylic acids is 2. The summed E-state index contributed by atoms with van der Waals surface area (Å²) in [7, 11) is 1.57. The van der Waals surface area contributed by atoms with Gasteiger partial charge in [0.15, 0.2) is 0 Å². The van der Waals surface area contributed by atoms with Crippen LogP contribution in [0.1, 0.15) is 22.9 Å². The Labute approximate surface area is 175 Å². The molecule has 1 atom stereocenters. The molecule has 0 aliphatic rings. The van der Waals surface area contributed by atoms with Gasteiger partial charge in [0.05, 0.1) is 19.7 Å². The Morgan fingerprint density at radius 3 is 2.43 bits per heavy atom. The van der Waals surface area contributed by atoms with Crippen molar-refractivity contribution in [1.29, 1.82) is 0 Å². The van der Waals surface area contributed by atoms with Crippen LogP contribution in [-0.4, -0.2) is 53.8 Å². The molecule has 152 valence electrons. The van der Waals surface area contributed by atoms with E-state index in [2.05, 4.69) is 6.07 Å². The fourth-order valence-corrected chi connectivity index (χ4v) is 3.82. The molecule has 0 spiro atoms. The molecule has 2 rings (SSSR count). The van der Waals surface area contributed by atoms with Gasteiger partial charge in [0.1, 0.15) is 5.38 Å². The second kappa shape index (κ2) is 11.2. The first kappa shape index (κ1) is 22.4. The van der Waals surface area contributed by atoms with Crippen LogP contribution in [0, 0.1) is 6.92 Å². The lowest BCUT2D eigenvalue weighted by molar-refractivity contribution is -0.141. The molecule has 1 heterocycles. The van der Waals surface area contributed by atoms with Crippen molar-refractivity contribution in [2.75, 3.05) is 26.8 Å². The summed E-state index contributed by atoms with van der Waals surface area (Å²) < 4.78 is 5.08. The highest BCUT2D eigenvalue weighted by molar-refractivity contribution is 7.10. The van der Waals surface area contributed by atoms with E-state index in [0.29, 0.717) is 26.2 Å². The van der Waals surface area contributed by atoms with E-state index in [-0.39, 0.29) is 18.4 Å². The first-order chi connectivity index (χ1) is 13.4. The Hall–Kier alpha value is -1.89. The molecule has 1 aromatic heterocycles. The molecule has 2 aromatic rings. The van der Waals surface area contributed by atoms with Gasteiger partial charge in [0, 0.05) is 25.1 Å². The number of aryl methyl sites for hydroxylation is 1. The first-order valence-electron chi connectivity index (χ1n) is 9.18. The maximum atomic E-state index is 13.1. The van der Waals surface area contributed by atoms with E-state index in [1.54, 1.807) is 30.3 Å². The maximum absolute atomic E-state index is 13.1. The van der Waals surface area contributed by atoms with Gasteiger partial charge < -0.3 is 14.5 Å². The molecule has 0 N–H and O–H groups in total. The van der Waals surface area contributed by atoms with Crippen molar-refractivity contribution in [1.82, 2.24) is 9.80 Å². The summed E-state index contributed by atoms with van der Waals surface area (Å²) in [5.74, 6) is -0.377. The zero-order valence-corrected chi connectivity index (χ0v) is 18.1. The number of hydrogen-bond acceptors (Lipinski definition) is 4. The van der Waals surface area contributed by atoms with E-state index < -0.39 is 5.38 Å². The molecule has 1 aromatic carbocycles. The summed E-state index contributed by atoms with van der Waals surface area (Å²) in [5.41, 5.74) is 2.21. The van der Waals surface area contributed by atoms with Gasteiger partial charge in [-0.1, -0.05) is 30.3 Å². The minimum absolute atomic E-state index is 0.0174. The highest BCUT2D eigenvalue weighted by Crippen LogP contribution is 2.20. The van der Waals surface area contributed by atoms with Crippen LogP contribution in [-0.2, 0) is 27.4 Å². The molecule has 0 bridgehead atoms. The molecule has 2 amide bonds. The largest absolute Gasteiger partial charge is 0.383 e. The van der Waals surface area contributed by atoms with Gasteiger partial charge in [-0.05, 0) is 36.4 Å². The summed E-state index contributed by atoms with van der Waals surface area (Å²) in [6.07, 6.45) is 0. The normalized spacial score (nSPS) is 11.9. The number of ether oxygens (including phenoxy) is 1. The molecule has 28 heavy (non-hydrogen) atoms. The fraction of sp³-hybridized carbons (Fsp3) is 0.429. The minimum atomic E-state index is -0.688. The maximum Gasteiger partial charge on any atom is 0.242 e. The lowest BCUT2D eigenvalue weighted by Crippen LogP contribution is -2.45. The molecular formula is C21H27ClN2O3S. The average molecular weight is 423 g/mol. The van der Waals surface area contributed by atoms with Crippen molar-refractivity contribution >= 4 is 34.8 Å². The molecule has 0 aliphatic carbocycles. The molecular weight excluding hydrogens is 396 g/mol. The van der Waals surface area contributed by atoms with Crippen LogP contribution in [0.3, 0.4) is 0 Å². The molecule has 0 aliphatic heterocycles. The number of methoxy groups -OCH3 is 1. The van der Waals surface area contributed by atoms with Crippen LogP contribution in [0.5, 0.6) is 0 Å². The smallest absolute Gasteiger partial charge is 0.242 e. The van der Waals surface area contributed by atoms with E-state index in [1.807, 2.05) is 42.6 Å². The lowest BCUT2D eigenvalue weighted by Gasteiger charge is -2.28. The van der Waals surface area contributed by atoms with E-state index in [4.69, 9.17) is 16.3 Å². The van der Waals surface area contributed by atoms with Gasteiger partial charge >= 0.3 is 0 Å². The van der Waals surface area contributed by atoms with Crippen LogP contribution >= 0.6 is 22.9 Å². The SMILES string of the molecule is COCCN(CC(=O)N(Cc1ccccc1)Cc1sccc1C)C(=O)[C@H](C)Cl. The van der Waals surface area contributed by atoms with Crippen LogP contribution in [0.15, 0.2) is 41.8 Å². The minimum Gasteiger partial charge on any atom is -0.383 e. The quantitative estimate of drug-likeness (QED) is 0.549. The third-order valence-corrected chi connectivity index (χ3v) is 5.61. The zero-order chi connectivity index (χ0) is 20.5. The summed E-state index contributed by atoms with van der Waals surface area (Å²) in [6.45, 7) is 5.32. The van der Waals surface area contributed by atoms with Gasteiger partial charge in [-0.2, -0.15) is 0 Å². The lowest BCUT2D eigenvalue weighted by atomic mass is 10.2. The number of rotatable bonds is 10. The van der Waals surface area contributed by atoms with Gasteiger partial charge in [0.2, 0.25) is 11.8 Å². The standard InChI is InChI=1S/C21H27ClN2O3S/c1-16-9-12-28-19(16)14-24(13-18-7-5-4-6-8-18)20(25)15-23(10-11-27-3)21(26)17(2)22/h4-9,12,17H,10-11,13-15H2,1-3H3/t17-/m0/s1. The highest BCUT2D eigenvalue weighted by Gasteiger charge is 2.24. The highest BCUT2D eigenvalue weighted by atomic mass is 35.5. The topological polar surface area (TPSA) is 49.9 Å². The van der Waals surface area contributed by atoms with Gasteiger partial charge in [-0.25, -0.2) is 0 Å². The predicted octanol–water partition coefficient (Wildman–Crippen LogP) is 3.69. The molecule has 5 nitrogen and oxygen atoms in total. The van der Waals surface area contributed by atoms with Crippen LogP contribution in [0.2, 0.25) is 0 Å². The second-order valence-electron chi connectivity index (χ2n) is 6.63. The Kier molecular flexibility index (Phi) is 8.96. The zero-order valence-electron chi connectivity index (χ0n) is 16.6. The molecule has 0 radical (unpaired) electrons. The second-order valence-corrected chi connectivity index (χ2v) is 8.29. The Balaban J connectivity index is 2.18. The first-order valence-corrected chi connectivity index (χ1v) is 10.5. The van der Waals surface area contributed by atoms with Crippen molar-refractivity contribution in [3.05, 3.63) is 57.8 Å². The molecule has 0 saturated heterocycles. The van der Waals surface area contributed by atoms with E-state index in [1.165, 1.54) is 4.90 Å². The number of halogens is 1. The van der Waals surface area contributed by atoms with Crippen molar-refractivity contribution in [3.8, 4) is 0 Å². The van der Waals surface area contributed by atoms with Gasteiger partial charge in [-0.3, -0.25) is 9.59 Å². The van der Waals surface area contributed by atoms with Gasteiger partial charge in [-0.15, -0.1) is 22.9 Å². The van der Waals surface area contributed by atoms with Gasteiger partial charge in [0.25, 0.3) is 0 Å². The van der Waals surface area contributed by atoms with Crippen molar-refractivity contribution in [2.24, 2.45) is 0 Å². The number of carbonyl (C=O) groups is 2. The van der Waals surface area contributed by atoms with E-state index >= 15 is 0 Å². The number of hydrogen-bond donors (Lipinski definition) is 0. The van der Waals surface area contributed by atoms with Crippen LogP contribution in [0.4, 0.5) is 0 Å². The molecule has 0 fully saturated rings. The van der Waals surface area contributed by atoms with Crippen LogP contribution < -0.4 is 0 Å². The average Bonchev–Trinajstić information content (AvgIpc) is 3.09. The molecule has 7 heteroatoms. The third-order valence-electron chi connectivity index (χ3n) is 4.42. The summed E-state index contributed by atoms with van der Waals surface area (Å²) in [4.78, 5) is 30.0.